The van der Waals surface area contributed by atoms with Crippen LogP contribution < -0.4 is 16.5 Å². The topological polar surface area (TPSA) is 106 Å². The lowest BCUT2D eigenvalue weighted by Gasteiger charge is -2.32. The molecule has 2 aromatic rings. The number of anilines is 2. The molecular weight excluding hydrogens is 464 g/mol. The van der Waals surface area contributed by atoms with Gasteiger partial charge in [0.05, 0.1) is 6.33 Å². The van der Waals surface area contributed by atoms with Crippen LogP contribution in [0.15, 0.2) is 6.33 Å². The number of unbranched alkanes of at least 4 members (excludes halogenated alkanes) is 3. The Bertz CT molecular complexity index is 958. The summed E-state index contributed by atoms with van der Waals surface area (Å²) in [6.45, 7) is 2.99. The number of ether oxygens (including phenoxy) is 1. The summed E-state index contributed by atoms with van der Waals surface area (Å²) in [4.78, 5) is 14.8. The predicted molar refractivity (Wildman–Crippen MR) is 150 cm³/mol. The Hall–Kier alpha value is -1.97. The molecule has 9 heteroatoms. The number of imidazole rings is 1. The number of hydrogen-bond donors (Lipinski definition) is 3. The van der Waals surface area contributed by atoms with Gasteiger partial charge in [-0.05, 0) is 63.7 Å². The summed E-state index contributed by atoms with van der Waals surface area (Å²) in [6, 6.07) is 1.22. The van der Waals surface area contributed by atoms with E-state index in [0.29, 0.717) is 18.1 Å². The molecule has 0 unspecified atom stereocenters. The molecule has 0 bridgehead atoms. The van der Waals surface area contributed by atoms with E-state index in [2.05, 4.69) is 20.3 Å². The van der Waals surface area contributed by atoms with Gasteiger partial charge in [0.25, 0.3) is 0 Å². The average molecular weight is 513 g/mol. The quantitative estimate of drug-likeness (QED) is 0.331. The molecule has 3 fully saturated rings. The van der Waals surface area contributed by atoms with Gasteiger partial charge in [0.1, 0.15) is 0 Å². The van der Waals surface area contributed by atoms with Crippen LogP contribution in [-0.2, 0) is 4.74 Å². The van der Waals surface area contributed by atoms with Crippen molar-refractivity contribution < 1.29 is 4.74 Å². The van der Waals surface area contributed by atoms with Crippen LogP contribution >= 0.6 is 0 Å². The summed E-state index contributed by atoms with van der Waals surface area (Å²) in [6.07, 6.45) is 20.2. The van der Waals surface area contributed by atoms with Gasteiger partial charge in [-0.25, -0.2) is 9.99 Å². The standard InChI is InChI=1S/C28H48N8O/c1-37-19-7-3-2-4-8-21-15-17-35(18-16-21)34-26-25-27(36(20-30-25)24-9-5-6-10-24)33-28(32-26)31-23-13-11-22(29)12-14-23/h20-24H,2-19,29H2,1H3,(H2,31,32,33,34)/t22-,23-. The lowest BCUT2D eigenvalue weighted by atomic mass is 9.92. The van der Waals surface area contributed by atoms with Crippen molar-refractivity contribution in [3.8, 4) is 0 Å². The van der Waals surface area contributed by atoms with Crippen LogP contribution in [0.3, 0.4) is 0 Å². The first-order valence-corrected chi connectivity index (χ1v) is 15.0. The van der Waals surface area contributed by atoms with E-state index in [4.69, 9.17) is 25.4 Å². The molecule has 5 rings (SSSR count). The van der Waals surface area contributed by atoms with Crippen LogP contribution in [0.5, 0.6) is 0 Å². The Morgan fingerprint density at radius 3 is 2.46 bits per heavy atom. The molecule has 1 saturated heterocycles. The number of piperidine rings is 1. The number of methoxy groups -OCH3 is 1. The van der Waals surface area contributed by atoms with Crippen LogP contribution in [0.4, 0.5) is 11.8 Å². The van der Waals surface area contributed by atoms with Gasteiger partial charge < -0.3 is 25.8 Å². The normalized spacial score (nSPS) is 24.2. The molecule has 37 heavy (non-hydrogen) atoms. The molecule has 0 aromatic carbocycles. The second-order valence-corrected chi connectivity index (χ2v) is 11.7. The predicted octanol–water partition coefficient (Wildman–Crippen LogP) is 5.26. The minimum atomic E-state index is 0.334. The van der Waals surface area contributed by atoms with Crippen molar-refractivity contribution in [1.82, 2.24) is 24.5 Å². The third kappa shape index (κ3) is 7.12. The fourth-order valence-electron chi connectivity index (χ4n) is 6.47. The molecule has 0 atom stereocenters. The number of hydrazine groups is 1. The van der Waals surface area contributed by atoms with Gasteiger partial charge in [0.15, 0.2) is 17.0 Å². The lowest BCUT2D eigenvalue weighted by molar-refractivity contribution is 0.189. The zero-order chi connectivity index (χ0) is 25.5. The van der Waals surface area contributed by atoms with Crippen LogP contribution in [-0.4, -0.2) is 63.4 Å². The van der Waals surface area contributed by atoms with E-state index in [1.165, 1.54) is 70.6 Å². The highest BCUT2D eigenvalue weighted by atomic mass is 16.5. The highest BCUT2D eigenvalue weighted by Gasteiger charge is 2.25. The van der Waals surface area contributed by atoms with Gasteiger partial charge in [-0.3, -0.25) is 0 Å². The largest absolute Gasteiger partial charge is 0.385 e. The highest BCUT2D eigenvalue weighted by Crippen LogP contribution is 2.34. The molecule has 9 nitrogen and oxygen atoms in total. The first-order chi connectivity index (χ1) is 18.2. The lowest BCUT2D eigenvalue weighted by Crippen LogP contribution is -2.38. The number of nitrogens with two attached hydrogens (primary N) is 1. The smallest absolute Gasteiger partial charge is 0.227 e. The maximum absolute atomic E-state index is 6.14. The zero-order valence-electron chi connectivity index (χ0n) is 22.8. The van der Waals surface area contributed by atoms with Gasteiger partial charge in [0.2, 0.25) is 5.95 Å². The number of rotatable bonds is 12. The van der Waals surface area contributed by atoms with Crippen molar-refractivity contribution in [2.24, 2.45) is 11.7 Å². The Labute approximate surface area is 222 Å². The average Bonchev–Trinajstić information content (AvgIpc) is 3.59. The minimum Gasteiger partial charge on any atom is -0.385 e. The van der Waals surface area contributed by atoms with E-state index in [1.54, 1.807) is 7.11 Å². The van der Waals surface area contributed by atoms with Gasteiger partial charge in [-0.2, -0.15) is 9.97 Å². The summed E-state index contributed by atoms with van der Waals surface area (Å²) < 4.78 is 7.47. The third-order valence-electron chi connectivity index (χ3n) is 8.83. The van der Waals surface area contributed by atoms with Crippen LogP contribution in [0, 0.1) is 5.92 Å². The number of fused-ring (bicyclic) bond motifs is 1. The molecule has 3 aliphatic rings. The Morgan fingerprint density at radius 1 is 0.946 bits per heavy atom. The second kappa shape index (κ2) is 13.2. The van der Waals surface area contributed by atoms with E-state index in [1.807, 2.05) is 6.33 Å². The number of nitrogens with zero attached hydrogens (tertiary/aromatic N) is 5. The van der Waals surface area contributed by atoms with Crippen molar-refractivity contribution in [3.63, 3.8) is 0 Å². The van der Waals surface area contributed by atoms with E-state index in [0.717, 1.165) is 74.2 Å². The Morgan fingerprint density at radius 2 is 1.70 bits per heavy atom. The monoisotopic (exact) mass is 512 g/mol. The van der Waals surface area contributed by atoms with Crippen molar-refractivity contribution >= 4 is 22.9 Å². The van der Waals surface area contributed by atoms with Crippen molar-refractivity contribution in [2.75, 3.05) is 37.5 Å². The maximum Gasteiger partial charge on any atom is 0.227 e. The molecule has 3 heterocycles. The first-order valence-electron chi connectivity index (χ1n) is 15.0. The fraction of sp³-hybridized carbons (Fsp3) is 0.821. The molecule has 4 N–H and O–H groups in total. The molecule has 0 radical (unpaired) electrons. The van der Waals surface area contributed by atoms with Crippen molar-refractivity contribution in [3.05, 3.63) is 6.33 Å². The number of nitrogens with one attached hydrogen (secondary N) is 2. The molecule has 2 aliphatic carbocycles. The Kier molecular flexibility index (Phi) is 9.50. The van der Waals surface area contributed by atoms with E-state index in [9.17, 15) is 0 Å². The number of hydrogen-bond acceptors (Lipinski definition) is 8. The van der Waals surface area contributed by atoms with E-state index >= 15 is 0 Å². The summed E-state index contributed by atoms with van der Waals surface area (Å²) in [7, 11) is 1.79. The SMILES string of the molecule is COCCCCCCC1CCN(Nc2nc(N[C@H]3CC[C@H](N)CC3)nc3c2ncn3C2CCCC2)CC1. The minimum absolute atomic E-state index is 0.334. The van der Waals surface area contributed by atoms with Crippen LogP contribution in [0.25, 0.3) is 11.2 Å². The summed E-state index contributed by atoms with van der Waals surface area (Å²) in [5, 5.41) is 5.98. The summed E-state index contributed by atoms with van der Waals surface area (Å²) >= 11 is 0. The van der Waals surface area contributed by atoms with E-state index in [-0.39, 0.29) is 0 Å². The second-order valence-electron chi connectivity index (χ2n) is 11.7. The molecule has 1 aliphatic heterocycles. The van der Waals surface area contributed by atoms with Crippen LogP contribution in [0.2, 0.25) is 0 Å². The summed E-state index contributed by atoms with van der Waals surface area (Å²) in [5.41, 5.74) is 11.6. The number of aromatic nitrogens is 4. The highest BCUT2D eigenvalue weighted by molar-refractivity contribution is 5.84. The first kappa shape index (κ1) is 26.6. The van der Waals surface area contributed by atoms with Crippen molar-refractivity contribution in [2.45, 2.75) is 114 Å². The van der Waals surface area contributed by atoms with Gasteiger partial charge in [-0.1, -0.05) is 38.5 Å². The molecular formula is C28H48N8O. The maximum atomic E-state index is 6.14. The molecule has 2 aromatic heterocycles. The molecule has 2 saturated carbocycles. The molecule has 206 valence electrons. The Balaban J connectivity index is 1.23. The summed E-state index contributed by atoms with van der Waals surface area (Å²) in [5.74, 6) is 2.40. The van der Waals surface area contributed by atoms with E-state index < -0.39 is 0 Å². The van der Waals surface area contributed by atoms with Gasteiger partial charge >= 0.3 is 0 Å². The van der Waals surface area contributed by atoms with Gasteiger partial charge in [0, 0.05) is 44.9 Å². The van der Waals surface area contributed by atoms with Crippen LogP contribution in [0.1, 0.15) is 102 Å². The zero-order valence-corrected chi connectivity index (χ0v) is 22.8. The molecule has 0 spiro atoms. The van der Waals surface area contributed by atoms with Gasteiger partial charge in [-0.15, -0.1) is 0 Å². The fourth-order valence-corrected chi connectivity index (χ4v) is 6.47. The molecule has 0 amide bonds. The third-order valence-corrected chi connectivity index (χ3v) is 8.83. The van der Waals surface area contributed by atoms with Crippen molar-refractivity contribution in [1.29, 1.82) is 0 Å².